The van der Waals surface area contributed by atoms with Crippen molar-refractivity contribution >= 4 is 0 Å². The van der Waals surface area contributed by atoms with Gasteiger partial charge < -0.3 is 5.73 Å². The summed E-state index contributed by atoms with van der Waals surface area (Å²) in [4.78, 5) is 0. The fourth-order valence-electron chi connectivity index (χ4n) is 1.62. The number of nitrogens with two attached hydrogens (primary N) is 1. The van der Waals surface area contributed by atoms with Gasteiger partial charge in [0.05, 0.1) is 0 Å². The highest BCUT2D eigenvalue weighted by atomic mass is 19.3. The largest absolute Gasteiger partial charge is 0.330 e. The Labute approximate surface area is 89.3 Å². The summed E-state index contributed by atoms with van der Waals surface area (Å²) in [6.45, 7) is 5.06. The number of alkyl halides is 2. The first-order chi connectivity index (χ1) is 6.86. The first kappa shape index (κ1) is 12.1. The summed E-state index contributed by atoms with van der Waals surface area (Å²) in [5.74, 6) is -2.84. The maximum Gasteiger partial charge on any atom is 0.270 e. The van der Waals surface area contributed by atoms with Crippen LogP contribution in [0.25, 0.3) is 0 Å². The zero-order chi connectivity index (χ0) is 11.6. The van der Waals surface area contributed by atoms with Crippen LogP contribution in [0.2, 0.25) is 0 Å². The molecule has 84 valence electrons. The average Bonchev–Trinajstić information content (AvgIpc) is 2.14. The van der Waals surface area contributed by atoms with Gasteiger partial charge in [-0.05, 0) is 24.9 Å². The Morgan fingerprint density at radius 1 is 1.40 bits per heavy atom. The van der Waals surface area contributed by atoms with Crippen LogP contribution in [0.15, 0.2) is 18.2 Å². The van der Waals surface area contributed by atoms with Crippen LogP contribution >= 0.6 is 0 Å². The van der Waals surface area contributed by atoms with Gasteiger partial charge in [0, 0.05) is 12.5 Å². The van der Waals surface area contributed by atoms with Crippen molar-refractivity contribution < 1.29 is 8.78 Å². The van der Waals surface area contributed by atoms with Gasteiger partial charge in [0.15, 0.2) is 0 Å². The van der Waals surface area contributed by atoms with E-state index in [4.69, 9.17) is 5.73 Å². The monoisotopic (exact) mass is 213 g/mol. The Bertz CT molecular complexity index is 342. The van der Waals surface area contributed by atoms with Gasteiger partial charge in [-0.2, -0.15) is 0 Å². The van der Waals surface area contributed by atoms with Gasteiger partial charge in [-0.1, -0.05) is 30.7 Å². The van der Waals surface area contributed by atoms with Crippen LogP contribution in [0, 0.1) is 6.92 Å². The molecule has 0 aliphatic carbocycles. The molecule has 15 heavy (non-hydrogen) atoms. The summed E-state index contributed by atoms with van der Waals surface area (Å²) in [6.07, 6.45) is 0. The summed E-state index contributed by atoms with van der Waals surface area (Å²) >= 11 is 0. The number of halogens is 2. The maximum absolute atomic E-state index is 13.3. The number of aryl methyl sites for hydroxylation is 1. The molecule has 0 fully saturated rings. The molecule has 0 radical (unpaired) electrons. The molecule has 3 heteroatoms. The fourth-order valence-corrected chi connectivity index (χ4v) is 1.62. The Morgan fingerprint density at radius 2 is 2.00 bits per heavy atom. The highest BCUT2D eigenvalue weighted by molar-refractivity contribution is 5.36. The predicted molar refractivity (Wildman–Crippen MR) is 58.2 cm³/mol. The van der Waals surface area contributed by atoms with Crippen molar-refractivity contribution in [3.05, 3.63) is 34.9 Å². The smallest absolute Gasteiger partial charge is 0.270 e. The quantitative estimate of drug-likeness (QED) is 0.820. The number of benzene rings is 1. The molecule has 1 aromatic carbocycles. The van der Waals surface area contributed by atoms with Crippen LogP contribution in [0.3, 0.4) is 0 Å². The molecule has 0 amide bonds. The Balaban J connectivity index is 3.27. The van der Waals surface area contributed by atoms with Crippen LogP contribution in [-0.2, 0) is 5.92 Å². The van der Waals surface area contributed by atoms with E-state index in [-0.39, 0.29) is 11.5 Å². The second kappa shape index (κ2) is 4.27. The van der Waals surface area contributed by atoms with Gasteiger partial charge in [-0.3, -0.25) is 0 Å². The number of hydrogen-bond acceptors (Lipinski definition) is 1. The van der Waals surface area contributed by atoms with Crippen molar-refractivity contribution in [1.82, 2.24) is 0 Å². The van der Waals surface area contributed by atoms with Crippen molar-refractivity contribution in [2.24, 2.45) is 5.73 Å². The number of hydrogen-bond donors (Lipinski definition) is 1. The third kappa shape index (κ3) is 2.75. The molecule has 2 N–H and O–H groups in total. The molecule has 0 saturated carbocycles. The third-order valence-electron chi connectivity index (χ3n) is 2.56. The molecule has 0 saturated heterocycles. The third-order valence-corrected chi connectivity index (χ3v) is 2.56. The van der Waals surface area contributed by atoms with Crippen LogP contribution in [0.1, 0.15) is 36.5 Å². The van der Waals surface area contributed by atoms with Crippen LogP contribution < -0.4 is 5.73 Å². The van der Waals surface area contributed by atoms with E-state index in [1.54, 1.807) is 12.1 Å². The highest BCUT2D eigenvalue weighted by Gasteiger charge is 2.28. The Morgan fingerprint density at radius 3 is 2.47 bits per heavy atom. The number of rotatable bonds is 3. The molecule has 0 aromatic heterocycles. The van der Waals surface area contributed by atoms with Crippen LogP contribution in [0.5, 0.6) is 0 Å². The summed E-state index contributed by atoms with van der Waals surface area (Å²) < 4.78 is 26.6. The molecule has 0 aliphatic rings. The molecule has 1 unspecified atom stereocenters. The molecule has 1 rings (SSSR count). The molecular weight excluding hydrogens is 196 g/mol. The molecular formula is C12H17F2N. The minimum Gasteiger partial charge on any atom is -0.330 e. The van der Waals surface area contributed by atoms with Crippen molar-refractivity contribution in [3.63, 3.8) is 0 Å². The van der Waals surface area contributed by atoms with E-state index in [2.05, 4.69) is 0 Å². The van der Waals surface area contributed by atoms with Crippen LogP contribution in [-0.4, -0.2) is 6.54 Å². The van der Waals surface area contributed by atoms with E-state index in [0.717, 1.165) is 12.5 Å². The van der Waals surface area contributed by atoms with E-state index in [9.17, 15) is 8.78 Å². The minimum absolute atomic E-state index is 0.0364. The lowest BCUT2D eigenvalue weighted by Crippen LogP contribution is -2.16. The second-order valence-corrected chi connectivity index (χ2v) is 4.12. The van der Waals surface area contributed by atoms with Gasteiger partial charge in [0.1, 0.15) is 0 Å². The predicted octanol–water partition coefficient (Wildman–Crippen LogP) is 3.17. The van der Waals surface area contributed by atoms with Crippen molar-refractivity contribution in [1.29, 1.82) is 0 Å². The topological polar surface area (TPSA) is 26.0 Å². The lowest BCUT2D eigenvalue weighted by Gasteiger charge is -2.20. The van der Waals surface area contributed by atoms with E-state index in [1.165, 1.54) is 6.07 Å². The first-order valence-corrected chi connectivity index (χ1v) is 5.05. The summed E-state index contributed by atoms with van der Waals surface area (Å²) in [7, 11) is 0. The molecule has 1 nitrogen and oxygen atoms in total. The van der Waals surface area contributed by atoms with E-state index >= 15 is 0 Å². The summed E-state index contributed by atoms with van der Waals surface area (Å²) in [5.41, 5.74) is 7.25. The van der Waals surface area contributed by atoms with Gasteiger partial charge in [-0.25, -0.2) is 8.78 Å². The zero-order valence-corrected chi connectivity index (χ0v) is 9.35. The SMILES string of the molecule is Cc1ccc(C(C)(F)F)c(C(C)CN)c1. The van der Waals surface area contributed by atoms with Crippen LogP contribution in [0.4, 0.5) is 8.78 Å². The standard InChI is InChI=1S/C12H17F2N/c1-8-4-5-11(12(3,13)14)10(6-8)9(2)7-15/h4-6,9H,7,15H2,1-3H3. The molecule has 1 aromatic rings. The summed E-state index contributed by atoms with van der Waals surface area (Å²) in [6, 6.07) is 5.00. The summed E-state index contributed by atoms with van der Waals surface area (Å²) in [5, 5.41) is 0. The Kier molecular flexibility index (Phi) is 3.45. The first-order valence-electron chi connectivity index (χ1n) is 5.05. The minimum atomic E-state index is -2.80. The zero-order valence-electron chi connectivity index (χ0n) is 9.35. The normalized spacial score (nSPS) is 14.0. The lowest BCUT2D eigenvalue weighted by atomic mass is 9.91. The lowest BCUT2D eigenvalue weighted by molar-refractivity contribution is 0.0162. The molecule has 0 spiro atoms. The van der Waals surface area contributed by atoms with Gasteiger partial charge in [-0.15, -0.1) is 0 Å². The second-order valence-electron chi connectivity index (χ2n) is 4.12. The van der Waals surface area contributed by atoms with Gasteiger partial charge >= 0.3 is 0 Å². The van der Waals surface area contributed by atoms with Crippen molar-refractivity contribution in [2.75, 3.05) is 6.54 Å². The van der Waals surface area contributed by atoms with E-state index in [0.29, 0.717) is 12.1 Å². The van der Waals surface area contributed by atoms with Crippen molar-refractivity contribution in [2.45, 2.75) is 32.6 Å². The van der Waals surface area contributed by atoms with Gasteiger partial charge in [0.2, 0.25) is 0 Å². The molecule has 0 aliphatic heterocycles. The molecule has 1 atom stereocenters. The van der Waals surface area contributed by atoms with Crippen molar-refractivity contribution in [3.8, 4) is 0 Å². The average molecular weight is 213 g/mol. The van der Waals surface area contributed by atoms with E-state index < -0.39 is 5.92 Å². The maximum atomic E-state index is 13.3. The molecule has 0 bridgehead atoms. The Hall–Kier alpha value is -0.960. The fraction of sp³-hybridized carbons (Fsp3) is 0.500. The molecule has 0 heterocycles. The van der Waals surface area contributed by atoms with Gasteiger partial charge in [0.25, 0.3) is 5.92 Å². The van der Waals surface area contributed by atoms with E-state index in [1.807, 2.05) is 13.8 Å². The highest BCUT2D eigenvalue weighted by Crippen LogP contribution is 2.33.